The minimum atomic E-state index is -8.03. The lowest BCUT2D eigenvalue weighted by Crippen LogP contribution is -2.70. The van der Waals surface area contributed by atoms with Crippen molar-refractivity contribution in [2.45, 2.75) is 61.7 Å². The van der Waals surface area contributed by atoms with Gasteiger partial charge in [-0.3, -0.25) is 0 Å². The largest absolute Gasteiger partial charge is 0.493 e. The minimum Gasteiger partial charge on any atom is -0.493 e. The van der Waals surface area contributed by atoms with E-state index in [4.69, 9.17) is 4.74 Å². The first-order chi connectivity index (χ1) is 17.5. The molecule has 0 radical (unpaired) electrons. The van der Waals surface area contributed by atoms with Gasteiger partial charge in [0.1, 0.15) is 11.4 Å². The zero-order chi connectivity index (χ0) is 30.3. The molecule has 0 heterocycles. The van der Waals surface area contributed by atoms with Gasteiger partial charge < -0.3 is 9.84 Å². The molecule has 0 aliphatic rings. The second-order valence-electron chi connectivity index (χ2n) is 9.14. The lowest BCUT2D eigenvalue weighted by Gasteiger charge is -2.42. The van der Waals surface area contributed by atoms with Gasteiger partial charge >= 0.3 is 35.8 Å². The zero-order valence-electron chi connectivity index (χ0n) is 20.0. The molecule has 0 saturated carbocycles. The van der Waals surface area contributed by atoms with E-state index in [0.717, 1.165) is 42.5 Å². The Morgan fingerprint density at radius 1 is 0.641 bits per heavy atom. The molecular formula is C24H21F13O2. The molecular weight excluding hydrogens is 567 g/mol. The molecule has 0 aliphatic heterocycles. The normalized spacial score (nSPS) is 15.8. The number of hydrogen-bond acceptors (Lipinski definition) is 2. The predicted octanol–water partition coefficient (Wildman–Crippen LogP) is 8.09. The summed E-state index contributed by atoms with van der Waals surface area (Å²) in [6.07, 6.45) is -10.3. The number of aliphatic hydroxyl groups is 1. The number of hydrogen-bond donors (Lipinski definition) is 1. The van der Waals surface area contributed by atoms with Crippen LogP contribution in [0.3, 0.4) is 0 Å². The van der Waals surface area contributed by atoms with E-state index in [2.05, 4.69) is 0 Å². The van der Waals surface area contributed by atoms with Crippen LogP contribution in [0.5, 0.6) is 5.75 Å². The quantitative estimate of drug-likeness (QED) is 0.269. The first kappa shape index (κ1) is 32.5. The first-order valence-electron chi connectivity index (χ1n) is 10.9. The van der Waals surface area contributed by atoms with Gasteiger partial charge in [-0.15, -0.1) is 0 Å². The van der Waals surface area contributed by atoms with Crippen molar-refractivity contribution >= 4 is 0 Å². The Hall–Kier alpha value is -2.71. The highest BCUT2D eigenvalue weighted by atomic mass is 19.4. The monoisotopic (exact) mass is 588 g/mol. The number of rotatable bonds is 11. The number of benzene rings is 2. The molecule has 1 atom stereocenters. The molecule has 2 aromatic rings. The molecule has 2 nitrogen and oxygen atoms in total. The summed E-state index contributed by atoms with van der Waals surface area (Å²) in [5, 5.41) is 11.2. The fraction of sp³-hybridized carbons (Fsp3) is 0.500. The molecule has 2 aromatic carbocycles. The van der Waals surface area contributed by atoms with Gasteiger partial charge in [0, 0.05) is 0 Å². The van der Waals surface area contributed by atoms with Gasteiger partial charge in [-0.05, 0) is 29.2 Å². The van der Waals surface area contributed by atoms with E-state index in [1.165, 1.54) is 12.1 Å². The molecule has 0 aliphatic carbocycles. The molecule has 2 rings (SSSR count). The molecule has 0 amide bonds. The SMILES string of the molecule is CC(C)COc1cccc(C(O)(CC(F)(F)C(F)(F)C(F)(F)C(F)(F)C(F)(F)C(F)(F)F)c2ccccc2)c1. The van der Waals surface area contributed by atoms with Crippen molar-refractivity contribution < 1.29 is 66.9 Å². The lowest BCUT2D eigenvalue weighted by molar-refractivity contribution is -0.441. The zero-order valence-corrected chi connectivity index (χ0v) is 20.0. The summed E-state index contributed by atoms with van der Waals surface area (Å²) in [6.45, 7) is 3.46. The molecule has 0 aromatic heterocycles. The molecule has 0 saturated heterocycles. The number of halogens is 13. The fourth-order valence-electron chi connectivity index (χ4n) is 3.43. The smallest absolute Gasteiger partial charge is 0.460 e. The van der Waals surface area contributed by atoms with Gasteiger partial charge in [-0.2, -0.15) is 57.1 Å². The molecule has 1 N–H and O–H groups in total. The highest BCUT2D eigenvalue weighted by molar-refractivity contribution is 5.40. The van der Waals surface area contributed by atoms with Crippen molar-refractivity contribution in [1.82, 2.24) is 0 Å². The summed E-state index contributed by atoms with van der Waals surface area (Å²) < 4.78 is 183. The van der Waals surface area contributed by atoms with Crippen LogP contribution in [0.1, 0.15) is 31.4 Å². The fourth-order valence-corrected chi connectivity index (χ4v) is 3.43. The highest BCUT2D eigenvalue weighted by Gasteiger charge is 2.90. The average molecular weight is 588 g/mol. The predicted molar refractivity (Wildman–Crippen MR) is 112 cm³/mol. The second-order valence-corrected chi connectivity index (χ2v) is 9.14. The summed E-state index contributed by atoms with van der Waals surface area (Å²) >= 11 is 0. The van der Waals surface area contributed by atoms with E-state index in [1.54, 1.807) is 13.8 Å². The summed E-state index contributed by atoms with van der Waals surface area (Å²) in [7, 11) is 0. The topological polar surface area (TPSA) is 29.5 Å². The molecule has 0 bridgehead atoms. The van der Waals surface area contributed by atoms with E-state index in [9.17, 15) is 62.2 Å². The van der Waals surface area contributed by atoms with Crippen molar-refractivity contribution in [1.29, 1.82) is 0 Å². The molecule has 0 spiro atoms. The molecule has 1 unspecified atom stereocenters. The summed E-state index contributed by atoms with van der Waals surface area (Å²) in [5.74, 6) is -38.0. The van der Waals surface area contributed by atoms with Gasteiger partial charge in [-0.1, -0.05) is 56.3 Å². The maximum atomic E-state index is 14.9. The summed E-state index contributed by atoms with van der Waals surface area (Å²) in [6, 6.07) is 9.28. The third kappa shape index (κ3) is 5.64. The van der Waals surface area contributed by atoms with Crippen molar-refractivity contribution in [3.63, 3.8) is 0 Å². The van der Waals surface area contributed by atoms with Crippen LogP contribution in [0, 0.1) is 5.92 Å². The molecule has 0 fully saturated rings. The van der Waals surface area contributed by atoms with Crippen LogP contribution in [-0.2, 0) is 5.60 Å². The van der Waals surface area contributed by atoms with Crippen LogP contribution in [0.4, 0.5) is 57.1 Å². The molecule has 220 valence electrons. The number of ether oxygens (including phenoxy) is 1. The van der Waals surface area contributed by atoms with E-state index >= 15 is 0 Å². The second kappa shape index (κ2) is 10.4. The van der Waals surface area contributed by atoms with Gasteiger partial charge in [0.15, 0.2) is 0 Å². The van der Waals surface area contributed by atoms with Crippen molar-refractivity contribution in [3.05, 3.63) is 65.7 Å². The van der Waals surface area contributed by atoms with Crippen LogP contribution in [-0.4, -0.2) is 47.5 Å². The van der Waals surface area contributed by atoms with E-state index in [1.807, 2.05) is 0 Å². The van der Waals surface area contributed by atoms with Crippen LogP contribution < -0.4 is 4.74 Å². The average Bonchev–Trinajstić information content (AvgIpc) is 2.82. The van der Waals surface area contributed by atoms with Crippen molar-refractivity contribution in [2.24, 2.45) is 5.92 Å². The van der Waals surface area contributed by atoms with Crippen LogP contribution in [0.15, 0.2) is 54.6 Å². The Morgan fingerprint density at radius 2 is 1.13 bits per heavy atom. The van der Waals surface area contributed by atoms with Crippen molar-refractivity contribution in [2.75, 3.05) is 6.61 Å². The maximum Gasteiger partial charge on any atom is 0.460 e. The van der Waals surface area contributed by atoms with E-state index in [-0.39, 0.29) is 18.3 Å². The lowest BCUT2D eigenvalue weighted by atomic mass is 9.79. The van der Waals surface area contributed by atoms with E-state index < -0.39 is 58.9 Å². The minimum absolute atomic E-state index is 0.0379. The molecule has 15 heteroatoms. The Labute approximate surface area is 213 Å². The van der Waals surface area contributed by atoms with E-state index in [0.29, 0.717) is 0 Å². The summed E-state index contributed by atoms with van der Waals surface area (Å²) in [5.41, 5.74) is -4.73. The first-order valence-corrected chi connectivity index (χ1v) is 10.9. The molecule has 39 heavy (non-hydrogen) atoms. The van der Waals surface area contributed by atoms with Gasteiger partial charge in [0.2, 0.25) is 0 Å². The maximum absolute atomic E-state index is 14.9. The third-order valence-corrected chi connectivity index (χ3v) is 5.62. The number of alkyl halides is 13. The third-order valence-electron chi connectivity index (χ3n) is 5.62. The van der Waals surface area contributed by atoms with Gasteiger partial charge in [0.25, 0.3) is 0 Å². The Bertz CT molecular complexity index is 1110. The van der Waals surface area contributed by atoms with Crippen LogP contribution in [0.25, 0.3) is 0 Å². The Kier molecular flexibility index (Phi) is 8.63. The van der Waals surface area contributed by atoms with Gasteiger partial charge in [-0.25, -0.2) is 0 Å². The van der Waals surface area contributed by atoms with Crippen LogP contribution >= 0.6 is 0 Å². The Morgan fingerprint density at radius 3 is 1.62 bits per heavy atom. The highest BCUT2D eigenvalue weighted by Crippen LogP contribution is 2.61. The van der Waals surface area contributed by atoms with Crippen LogP contribution in [0.2, 0.25) is 0 Å². The van der Waals surface area contributed by atoms with Crippen molar-refractivity contribution in [3.8, 4) is 5.75 Å². The Balaban J connectivity index is 2.66. The standard InChI is InChI=1S/C24H21F13O2/c1-14(2)12-39-17-10-6-9-16(11-17)18(38,15-7-4-3-5-8-15)13-19(25,26)20(27,28)21(29,30)22(31,32)23(33,34)24(35,36)37/h3-11,14,38H,12-13H2,1-2H3. The van der Waals surface area contributed by atoms with Gasteiger partial charge in [0.05, 0.1) is 13.0 Å². The summed E-state index contributed by atoms with van der Waals surface area (Å²) in [4.78, 5) is 0.